The van der Waals surface area contributed by atoms with E-state index in [1.165, 1.54) is 5.56 Å². The molecule has 0 radical (unpaired) electrons. The number of aryl methyl sites for hydroxylation is 1. The van der Waals surface area contributed by atoms with Crippen molar-refractivity contribution in [3.05, 3.63) is 29.3 Å². The van der Waals surface area contributed by atoms with E-state index in [4.69, 9.17) is 9.47 Å². The summed E-state index contributed by atoms with van der Waals surface area (Å²) in [4.78, 5) is 4.61. The molecule has 3 heteroatoms. The minimum Gasteiger partial charge on any atom is -0.496 e. The summed E-state index contributed by atoms with van der Waals surface area (Å²) in [6.07, 6.45) is 0. The van der Waals surface area contributed by atoms with Gasteiger partial charge in [-0.25, -0.2) is 4.99 Å². The third kappa shape index (κ3) is 2.43. The largest absolute Gasteiger partial charge is 0.496 e. The van der Waals surface area contributed by atoms with Crippen molar-refractivity contribution in [2.45, 2.75) is 26.8 Å². The molecule has 0 saturated heterocycles. The third-order valence-corrected chi connectivity index (χ3v) is 3.03. The van der Waals surface area contributed by atoms with Crippen LogP contribution in [0.25, 0.3) is 0 Å². The first-order chi connectivity index (χ1) is 8.11. The topological polar surface area (TPSA) is 30.8 Å². The highest BCUT2D eigenvalue weighted by atomic mass is 16.5. The fraction of sp³-hybridized carbons (Fsp3) is 0.500. The van der Waals surface area contributed by atoms with Gasteiger partial charge < -0.3 is 9.47 Å². The quantitative estimate of drug-likeness (QED) is 0.803. The maximum atomic E-state index is 5.67. The Morgan fingerprint density at radius 1 is 1.41 bits per heavy atom. The molecule has 1 aromatic rings. The molecule has 0 aliphatic carbocycles. The van der Waals surface area contributed by atoms with Crippen molar-refractivity contribution in [1.82, 2.24) is 0 Å². The van der Waals surface area contributed by atoms with Gasteiger partial charge in [-0.2, -0.15) is 0 Å². The van der Waals surface area contributed by atoms with Gasteiger partial charge in [-0.15, -0.1) is 0 Å². The Kier molecular flexibility index (Phi) is 3.36. The van der Waals surface area contributed by atoms with Crippen molar-refractivity contribution in [1.29, 1.82) is 0 Å². The minimum absolute atomic E-state index is 0.260. The summed E-state index contributed by atoms with van der Waals surface area (Å²) in [5.74, 6) is 2.04. The van der Waals surface area contributed by atoms with Crippen molar-refractivity contribution in [3.63, 3.8) is 0 Å². The van der Waals surface area contributed by atoms with Gasteiger partial charge in [0.2, 0.25) is 5.90 Å². The lowest BCUT2D eigenvalue weighted by Crippen LogP contribution is -2.13. The Morgan fingerprint density at radius 3 is 2.76 bits per heavy atom. The van der Waals surface area contributed by atoms with Crippen LogP contribution in [0, 0.1) is 12.8 Å². The zero-order valence-electron chi connectivity index (χ0n) is 10.9. The van der Waals surface area contributed by atoms with Crippen molar-refractivity contribution < 1.29 is 9.47 Å². The second kappa shape index (κ2) is 4.78. The zero-order valence-corrected chi connectivity index (χ0v) is 10.9. The van der Waals surface area contributed by atoms with E-state index in [-0.39, 0.29) is 6.04 Å². The van der Waals surface area contributed by atoms with Crippen molar-refractivity contribution >= 4 is 5.90 Å². The van der Waals surface area contributed by atoms with E-state index >= 15 is 0 Å². The van der Waals surface area contributed by atoms with Gasteiger partial charge in [-0.05, 0) is 30.5 Å². The number of hydrogen-bond acceptors (Lipinski definition) is 3. The molecule has 0 fully saturated rings. The number of rotatable bonds is 3. The van der Waals surface area contributed by atoms with E-state index in [2.05, 4.69) is 18.8 Å². The van der Waals surface area contributed by atoms with Crippen LogP contribution in [0.1, 0.15) is 25.0 Å². The Balaban J connectivity index is 2.32. The zero-order chi connectivity index (χ0) is 12.4. The Labute approximate surface area is 102 Å². The van der Waals surface area contributed by atoms with Crippen molar-refractivity contribution in [2.24, 2.45) is 10.9 Å². The maximum Gasteiger partial charge on any atom is 0.220 e. The third-order valence-electron chi connectivity index (χ3n) is 3.03. The summed E-state index contributed by atoms with van der Waals surface area (Å²) in [6, 6.07) is 6.32. The molecular weight excluding hydrogens is 214 g/mol. The first-order valence-electron chi connectivity index (χ1n) is 5.97. The lowest BCUT2D eigenvalue weighted by Gasteiger charge is -2.08. The molecule has 0 saturated carbocycles. The van der Waals surface area contributed by atoms with E-state index in [1.54, 1.807) is 7.11 Å². The fourth-order valence-electron chi connectivity index (χ4n) is 1.85. The molecule has 3 nitrogen and oxygen atoms in total. The smallest absolute Gasteiger partial charge is 0.220 e. The second-order valence-electron chi connectivity index (χ2n) is 4.76. The van der Waals surface area contributed by atoms with Gasteiger partial charge in [-0.3, -0.25) is 0 Å². The van der Waals surface area contributed by atoms with Crippen molar-refractivity contribution in [3.8, 4) is 5.75 Å². The molecule has 0 N–H and O–H groups in total. The highest BCUT2D eigenvalue weighted by molar-refractivity contribution is 5.97. The Hall–Kier alpha value is -1.51. The van der Waals surface area contributed by atoms with Gasteiger partial charge in [0, 0.05) is 0 Å². The minimum atomic E-state index is 0.260. The molecule has 0 spiro atoms. The molecule has 0 bridgehead atoms. The fourth-order valence-corrected chi connectivity index (χ4v) is 1.85. The molecule has 0 amide bonds. The predicted molar refractivity (Wildman–Crippen MR) is 68.8 cm³/mol. The van der Waals surface area contributed by atoms with Crippen LogP contribution in [0.2, 0.25) is 0 Å². The van der Waals surface area contributed by atoms with Gasteiger partial charge in [0.15, 0.2) is 0 Å². The molecule has 92 valence electrons. The normalized spacial score (nSPS) is 19.1. The van der Waals surface area contributed by atoms with E-state index in [9.17, 15) is 0 Å². The van der Waals surface area contributed by atoms with Gasteiger partial charge in [-0.1, -0.05) is 19.9 Å². The highest BCUT2D eigenvalue weighted by Gasteiger charge is 2.24. The van der Waals surface area contributed by atoms with Crippen LogP contribution in [0.5, 0.6) is 5.75 Å². The number of aliphatic imine (C=N–C) groups is 1. The summed E-state index contributed by atoms with van der Waals surface area (Å²) >= 11 is 0. The van der Waals surface area contributed by atoms with Gasteiger partial charge in [0.05, 0.1) is 18.7 Å². The van der Waals surface area contributed by atoms with Crippen LogP contribution in [0.3, 0.4) is 0 Å². The molecule has 1 unspecified atom stereocenters. The Morgan fingerprint density at radius 2 is 2.18 bits per heavy atom. The summed E-state index contributed by atoms with van der Waals surface area (Å²) < 4.78 is 11.0. The lowest BCUT2D eigenvalue weighted by atomic mass is 10.1. The van der Waals surface area contributed by atoms with Crippen LogP contribution < -0.4 is 4.74 Å². The molecule has 1 aromatic carbocycles. The molecule has 1 aliphatic heterocycles. The molecule has 17 heavy (non-hydrogen) atoms. The summed E-state index contributed by atoms with van der Waals surface area (Å²) in [7, 11) is 1.67. The number of benzene rings is 1. The average Bonchev–Trinajstić information content (AvgIpc) is 2.78. The van der Waals surface area contributed by atoms with E-state index in [1.807, 2.05) is 25.1 Å². The van der Waals surface area contributed by atoms with E-state index in [0.717, 1.165) is 11.3 Å². The van der Waals surface area contributed by atoms with Gasteiger partial charge >= 0.3 is 0 Å². The summed E-state index contributed by atoms with van der Waals surface area (Å²) in [5.41, 5.74) is 2.12. The molecule has 0 aromatic heterocycles. The Bertz CT molecular complexity index is 438. The number of hydrogen-bond donors (Lipinski definition) is 0. The molecular formula is C14H19NO2. The SMILES string of the molecule is COc1cc(C)ccc1C1=NC(C(C)C)CO1. The number of methoxy groups -OCH3 is 1. The molecule has 1 aliphatic rings. The first kappa shape index (κ1) is 12.0. The molecule has 1 atom stereocenters. The highest BCUT2D eigenvalue weighted by Crippen LogP contribution is 2.25. The van der Waals surface area contributed by atoms with Gasteiger partial charge in [0.25, 0.3) is 0 Å². The van der Waals surface area contributed by atoms with E-state index < -0.39 is 0 Å². The van der Waals surface area contributed by atoms with Crippen LogP contribution in [0.15, 0.2) is 23.2 Å². The lowest BCUT2D eigenvalue weighted by molar-refractivity contribution is 0.291. The summed E-state index contributed by atoms with van der Waals surface area (Å²) in [6.45, 7) is 7.03. The van der Waals surface area contributed by atoms with Crippen LogP contribution in [0.4, 0.5) is 0 Å². The van der Waals surface area contributed by atoms with Gasteiger partial charge in [0.1, 0.15) is 12.4 Å². The molecule has 1 heterocycles. The first-order valence-corrected chi connectivity index (χ1v) is 5.97. The van der Waals surface area contributed by atoms with Crippen LogP contribution >= 0.6 is 0 Å². The predicted octanol–water partition coefficient (Wildman–Crippen LogP) is 2.81. The summed E-state index contributed by atoms with van der Waals surface area (Å²) in [5, 5.41) is 0. The maximum absolute atomic E-state index is 5.67. The number of nitrogens with zero attached hydrogens (tertiary/aromatic N) is 1. The van der Waals surface area contributed by atoms with E-state index in [0.29, 0.717) is 18.4 Å². The monoisotopic (exact) mass is 233 g/mol. The standard InChI is InChI=1S/C14H19NO2/c1-9(2)12-8-17-14(15-12)11-6-5-10(3)7-13(11)16-4/h5-7,9,12H,8H2,1-4H3. The second-order valence-corrected chi connectivity index (χ2v) is 4.76. The molecule has 2 rings (SSSR count). The average molecular weight is 233 g/mol. The van der Waals surface area contributed by atoms with Crippen LogP contribution in [-0.4, -0.2) is 25.7 Å². The number of ether oxygens (including phenoxy) is 2. The van der Waals surface area contributed by atoms with Crippen molar-refractivity contribution in [2.75, 3.05) is 13.7 Å². The van der Waals surface area contributed by atoms with Crippen LogP contribution in [-0.2, 0) is 4.74 Å².